The molecule has 1 fully saturated rings. The zero-order valence-corrected chi connectivity index (χ0v) is 5.08. The molecule has 0 saturated heterocycles. The van der Waals surface area contributed by atoms with Crippen molar-refractivity contribution in [3.8, 4) is 0 Å². The molecule has 0 bridgehead atoms. The summed E-state index contributed by atoms with van der Waals surface area (Å²) in [6.45, 7) is 0. The van der Waals surface area contributed by atoms with Gasteiger partial charge in [-0.1, -0.05) is 6.42 Å². The Balaban J connectivity index is 2.14. The maximum Gasteiger partial charge on any atom is 0.219 e. The van der Waals surface area contributed by atoms with Crippen molar-refractivity contribution >= 4 is 0 Å². The highest BCUT2D eigenvalue weighted by Crippen LogP contribution is 2.34. The lowest BCUT2D eigenvalue weighted by Gasteiger charge is -2.20. The Kier molecular flexibility index (Phi) is 1.01. The van der Waals surface area contributed by atoms with E-state index < -0.39 is 0 Å². The topological polar surface area (TPSA) is 38.9 Å². The normalized spacial score (nSPS) is 19.6. The van der Waals surface area contributed by atoms with Crippen molar-refractivity contribution < 1.29 is 4.42 Å². The van der Waals surface area contributed by atoms with E-state index in [1.54, 1.807) is 0 Å². The molecular formula is C6H8N2O. The van der Waals surface area contributed by atoms with Crippen LogP contribution in [0.3, 0.4) is 0 Å². The molecule has 0 amide bonds. The molecule has 0 spiro atoms. The molecule has 1 heterocycles. The van der Waals surface area contributed by atoms with Crippen molar-refractivity contribution in [1.29, 1.82) is 0 Å². The van der Waals surface area contributed by atoms with Crippen LogP contribution in [0.25, 0.3) is 0 Å². The van der Waals surface area contributed by atoms with Crippen molar-refractivity contribution in [2.75, 3.05) is 0 Å². The van der Waals surface area contributed by atoms with Crippen molar-refractivity contribution in [2.45, 2.75) is 25.2 Å². The summed E-state index contributed by atoms with van der Waals surface area (Å²) in [5, 5.41) is 7.43. The number of hydrogen-bond donors (Lipinski definition) is 0. The first-order valence-corrected chi connectivity index (χ1v) is 3.23. The Morgan fingerprint density at radius 3 is 2.89 bits per heavy atom. The SMILES string of the molecule is c1nnc(C2CCC2)o1. The number of nitrogens with zero attached hydrogens (tertiary/aromatic N) is 2. The Morgan fingerprint density at radius 1 is 1.56 bits per heavy atom. The number of rotatable bonds is 1. The smallest absolute Gasteiger partial charge is 0.219 e. The van der Waals surface area contributed by atoms with E-state index in [4.69, 9.17) is 4.42 Å². The fourth-order valence-corrected chi connectivity index (χ4v) is 1.01. The van der Waals surface area contributed by atoms with Crippen LogP contribution in [0.1, 0.15) is 31.1 Å². The molecule has 1 aliphatic carbocycles. The van der Waals surface area contributed by atoms with E-state index >= 15 is 0 Å². The first-order chi connectivity index (χ1) is 4.47. The molecule has 48 valence electrons. The van der Waals surface area contributed by atoms with Crippen LogP contribution in [-0.2, 0) is 0 Å². The maximum absolute atomic E-state index is 5.02. The van der Waals surface area contributed by atoms with Crippen LogP contribution in [0.15, 0.2) is 10.8 Å². The summed E-state index contributed by atoms with van der Waals surface area (Å²) in [7, 11) is 0. The predicted octanol–water partition coefficient (Wildman–Crippen LogP) is 1.34. The zero-order chi connectivity index (χ0) is 6.10. The van der Waals surface area contributed by atoms with E-state index in [0.717, 1.165) is 5.89 Å². The molecule has 0 unspecified atom stereocenters. The van der Waals surface area contributed by atoms with E-state index in [-0.39, 0.29) is 0 Å². The van der Waals surface area contributed by atoms with Gasteiger partial charge in [0.25, 0.3) is 0 Å². The van der Waals surface area contributed by atoms with Gasteiger partial charge in [-0.15, -0.1) is 10.2 Å². The molecule has 3 heteroatoms. The lowest BCUT2D eigenvalue weighted by atomic mass is 9.85. The van der Waals surface area contributed by atoms with Crippen LogP contribution in [0.5, 0.6) is 0 Å². The molecule has 0 N–H and O–H groups in total. The van der Waals surface area contributed by atoms with E-state index in [2.05, 4.69) is 10.2 Å². The fourth-order valence-electron chi connectivity index (χ4n) is 1.01. The summed E-state index contributed by atoms with van der Waals surface area (Å²) in [4.78, 5) is 0. The first-order valence-electron chi connectivity index (χ1n) is 3.23. The Hall–Kier alpha value is -0.860. The summed E-state index contributed by atoms with van der Waals surface area (Å²) < 4.78 is 5.02. The first kappa shape index (κ1) is 4.97. The lowest BCUT2D eigenvalue weighted by Crippen LogP contribution is -2.08. The van der Waals surface area contributed by atoms with Crippen LogP contribution in [0.4, 0.5) is 0 Å². The van der Waals surface area contributed by atoms with Crippen molar-refractivity contribution in [3.05, 3.63) is 12.3 Å². The minimum atomic E-state index is 0.576. The quantitative estimate of drug-likeness (QED) is 0.567. The second-order valence-electron chi connectivity index (χ2n) is 2.40. The third-order valence-electron chi connectivity index (χ3n) is 1.83. The molecule has 1 aromatic heterocycles. The van der Waals surface area contributed by atoms with Crippen LogP contribution in [-0.4, -0.2) is 10.2 Å². The van der Waals surface area contributed by atoms with E-state index in [0.29, 0.717) is 5.92 Å². The monoisotopic (exact) mass is 124 g/mol. The van der Waals surface area contributed by atoms with Crippen molar-refractivity contribution in [2.24, 2.45) is 0 Å². The number of hydrogen-bond acceptors (Lipinski definition) is 3. The second kappa shape index (κ2) is 1.83. The summed E-state index contributed by atoms with van der Waals surface area (Å²) >= 11 is 0. The molecule has 0 radical (unpaired) electrons. The van der Waals surface area contributed by atoms with E-state index in [1.807, 2.05) is 0 Å². The van der Waals surface area contributed by atoms with E-state index in [1.165, 1.54) is 25.7 Å². The standard InChI is InChI=1S/C6H8N2O/c1-2-5(3-1)6-8-7-4-9-6/h4-5H,1-3H2. The molecular weight excluding hydrogens is 116 g/mol. The van der Waals surface area contributed by atoms with Gasteiger partial charge in [0.2, 0.25) is 12.3 Å². The average Bonchev–Trinajstić information content (AvgIpc) is 2.11. The number of aromatic nitrogens is 2. The van der Waals surface area contributed by atoms with Gasteiger partial charge in [-0.3, -0.25) is 0 Å². The van der Waals surface area contributed by atoms with Gasteiger partial charge >= 0.3 is 0 Å². The molecule has 0 aromatic carbocycles. The van der Waals surface area contributed by atoms with Gasteiger partial charge in [0.05, 0.1) is 0 Å². The van der Waals surface area contributed by atoms with Gasteiger partial charge in [-0.2, -0.15) is 0 Å². The third-order valence-corrected chi connectivity index (χ3v) is 1.83. The van der Waals surface area contributed by atoms with Crippen LogP contribution in [0, 0.1) is 0 Å². The van der Waals surface area contributed by atoms with Crippen LogP contribution < -0.4 is 0 Å². The highest BCUT2D eigenvalue weighted by atomic mass is 16.4. The average molecular weight is 124 g/mol. The molecule has 1 saturated carbocycles. The van der Waals surface area contributed by atoms with E-state index in [9.17, 15) is 0 Å². The second-order valence-corrected chi connectivity index (χ2v) is 2.40. The van der Waals surface area contributed by atoms with Crippen LogP contribution >= 0.6 is 0 Å². The molecule has 1 aliphatic rings. The molecule has 3 nitrogen and oxygen atoms in total. The molecule has 0 atom stereocenters. The molecule has 2 rings (SSSR count). The summed E-state index contributed by atoms with van der Waals surface area (Å²) in [6, 6.07) is 0. The van der Waals surface area contributed by atoms with Crippen LogP contribution in [0.2, 0.25) is 0 Å². The molecule has 0 aliphatic heterocycles. The summed E-state index contributed by atoms with van der Waals surface area (Å²) in [5.74, 6) is 1.40. The Labute approximate surface area is 53.1 Å². The lowest BCUT2D eigenvalue weighted by molar-refractivity contribution is 0.335. The fraction of sp³-hybridized carbons (Fsp3) is 0.667. The highest BCUT2D eigenvalue weighted by Gasteiger charge is 2.23. The largest absolute Gasteiger partial charge is 0.428 e. The highest BCUT2D eigenvalue weighted by molar-refractivity contribution is 4.93. The molecule has 1 aromatic rings. The van der Waals surface area contributed by atoms with Gasteiger partial charge in [-0.05, 0) is 12.8 Å². The van der Waals surface area contributed by atoms with Gasteiger partial charge < -0.3 is 4.42 Å². The Bertz CT molecular complexity index is 179. The summed E-state index contributed by atoms with van der Waals surface area (Å²) in [6.07, 6.45) is 5.16. The van der Waals surface area contributed by atoms with Gasteiger partial charge in [-0.25, -0.2) is 0 Å². The molecule has 9 heavy (non-hydrogen) atoms. The van der Waals surface area contributed by atoms with Crippen molar-refractivity contribution in [3.63, 3.8) is 0 Å². The maximum atomic E-state index is 5.02. The van der Waals surface area contributed by atoms with Gasteiger partial charge in [0.1, 0.15) is 0 Å². The summed E-state index contributed by atoms with van der Waals surface area (Å²) in [5.41, 5.74) is 0. The van der Waals surface area contributed by atoms with Gasteiger partial charge in [0.15, 0.2) is 0 Å². The van der Waals surface area contributed by atoms with Gasteiger partial charge in [0, 0.05) is 5.92 Å². The van der Waals surface area contributed by atoms with Crippen molar-refractivity contribution in [1.82, 2.24) is 10.2 Å². The third kappa shape index (κ3) is 0.724. The Morgan fingerprint density at radius 2 is 2.44 bits per heavy atom. The zero-order valence-electron chi connectivity index (χ0n) is 5.08. The minimum Gasteiger partial charge on any atom is -0.428 e. The minimum absolute atomic E-state index is 0.576. The predicted molar refractivity (Wildman–Crippen MR) is 30.9 cm³/mol.